The second-order valence-corrected chi connectivity index (χ2v) is 6.36. The summed E-state index contributed by atoms with van der Waals surface area (Å²) in [5.41, 5.74) is 1.76. The first-order valence-corrected chi connectivity index (χ1v) is 10.1. The molecule has 1 rings (SSSR count). The topological polar surface area (TPSA) is 95.1 Å². The average Bonchev–Trinajstić information content (AvgIpc) is 2.72. The molecule has 0 aliphatic rings. The van der Waals surface area contributed by atoms with E-state index in [-0.39, 0.29) is 18.4 Å². The first kappa shape index (κ1) is 25.0. The van der Waals surface area contributed by atoms with E-state index in [1.165, 1.54) is 0 Å². The molecule has 0 aromatic heterocycles. The van der Waals surface area contributed by atoms with Crippen LogP contribution in [-0.4, -0.2) is 77.8 Å². The Morgan fingerprint density at radius 1 is 0.759 bits per heavy atom. The number of hydrogen-bond acceptors (Lipinski definition) is 6. The summed E-state index contributed by atoms with van der Waals surface area (Å²) in [7, 11) is 0. The highest BCUT2D eigenvalue weighted by Crippen LogP contribution is 2.02. The van der Waals surface area contributed by atoms with E-state index in [0.29, 0.717) is 64.9 Å². The molecular weight excluding hydrogens is 376 g/mol. The molecule has 0 fully saturated rings. The molecular formula is C21H34N2O6. The maximum absolute atomic E-state index is 11.9. The van der Waals surface area contributed by atoms with Gasteiger partial charge in [-0.1, -0.05) is 24.6 Å². The SMILES string of the molecule is CCCOCC(=O)NCCOCCOCCOCCNC(=O)c1ccc(C)cc1. The molecule has 0 radical (unpaired) electrons. The summed E-state index contributed by atoms with van der Waals surface area (Å²) in [6.45, 7) is 8.24. The fraction of sp³-hybridized carbons (Fsp3) is 0.619. The maximum atomic E-state index is 11.9. The van der Waals surface area contributed by atoms with E-state index in [1.807, 2.05) is 26.0 Å². The van der Waals surface area contributed by atoms with Crippen molar-refractivity contribution in [2.45, 2.75) is 20.3 Å². The largest absolute Gasteiger partial charge is 0.377 e. The molecule has 2 amide bonds. The zero-order valence-corrected chi connectivity index (χ0v) is 17.5. The van der Waals surface area contributed by atoms with Gasteiger partial charge in [-0.05, 0) is 25.5 Å². The lowest BCUT2D eigenvalue weighted by Gasteiger charge is -2.08. The Morgan fingerprint density at radius 3 is 1.90 bits per heavy atom. The van der Waals surface area contributed by atoms with Gasteiger partial charge in [-0.25, -0.2) is 0 Å². The number of aryl methyl sites for hydroxylation is 1. The molecule has 29 heavy (non-hydrogen) atoms. The molecule has 1 aromatic rings. The summed E-state index contributed by atoms with van der Waals surface area (Å²) in [5, 5.41) is 5.52. The number of hydrogen-bond donors (Lipinski definition) is 2. The van der Waals surface area contributed by atoms with Gasteiger partial charge in [0.1, 0.15) is 6.61 Å². The molecule has 164 valence electrons. The van der Waals surface area contributed by atoms with Gasteiger partial charge < -0.3 is 29.6 Å². The van der Waals surface area contributed by atoms with Crippen LogP contribution < -0.4 is 10.6 Å². The molecule has 2 N–H and O–H groups in total. The lowest BCUT2D eigenvalue weighted by atomic mass is 10.1. The summed E-state index contributed by atoms with van der Waals surface area (Å²) in [5.74, 6) is -0.239. The molecule has 1 aromatic carbocycles. The van der Waals surface area contributed by atoms with Crippen LogP contribution in [0.2, 0.25) is 0 Å². The van der Waals surface area contributed by atoms with Crippen LogP contribution in [0.15, 0.2) is 24.3 Å². The average molecular weight is 411 g/mol. The van der Waals surface area contributed by atoms with Crippen molar-refractivity contribution in [3.63, 3.8) is 0 Å². The molecule has 0 saturated heterocycles. The van der Waals surface area contributed by atoms with Crippen LogP contribution in [0, 0.1) is 6.92 Å². The Labute approximate surface area is 173 Å². The van der Waals surface area contributed by atoms with Gasteiger partial charge in [0.05, 0.1) is 39.6 Å². The molecule has 8 nitrogen and oxygen atoms in total. The molecule has 0 aliphatic carbocycles. The molecule has 0 atom stereocenters. The van der Waals surface area contributed by atoms with Crippen LogP contribution in [0.5, 0.6) is 0 Å². The summed E-state index contributed by atoms with van der Waals surface area (Å²) in [6, 6.07) is 7.42. The molecule has 0 unspecified atom stereocenters. The van der Waals surface area contributed by atoms with E-state index in [0.717, 1.165) is 12.0 Å². The standard InChI is InChI=1S/C21H34N2O6/c1-3-10-29-17-20(24)22-8-11-26-13-15-28-16-14-27-12-9-23-21(25)19-6-4-18(2)5-7-19/h4-7H,3,8-17H2,1-2H3,(H,22,24)(H,23,25). The Bertz CT molecular complexity index is 565. The van der Waals surface area contributed by atoms with Gasteiger partial charge in [0.25, 0.3) is 5.91 Å². The number of amides is 2. The van der Waals surface area contributed by atoms with Crippen LogP contribution in [0.4, 0.5) is 0 Å². The van der Waals surface area contributed by atoms with E-state index in [4.69, 9.17) is 18.9 Å². The van der Waals surface area contributed by atoms with Crippen molar-refractivity contribution >= 4 is 11.8 Å². The highest BCUT2D eigenvalue weighted by Gasteiger charge is 2.03. The van der Waals surface area contributed by atoms with E-state index in [9.17, 15) is 9.59 Å². The first-order chi connectivity index (χ1) is 14.1. The number of benzene rings is 1. The lowest BCUT2D eigenvalue weighted by Crippen LogP contribution is -2.31. The van der Waals surface area contributed by atoms with Gasteiger partial charge in [0.2, 0.25) is 5.91 Å². The van der Waals surface area contributed by atoms with Gasteiger partial charge in [-0.2, -0.15) is 0 Å². The van der Waals surface area contributed by atoms with Crippen LogP contribution in [0.3, 0.4) is 0 Å². The molecule has 0 saturated carbocycles. The van der Waals surface area contributed by atoms with Gasteiger partial charge >= 0.3 is 0 Å². The number of rotatable bonds is 17. The van der Waals surface area contributed by atoms with Crippen LogP contribution in [0.1, 0.15) is 29.3 Å². The minimum atomic E-state index is -0.134. The zero-order chi connectivity index (χ0) is 21.2. The van der Waals surface area contributed by atoms with Gasteiger partial charge in [-0.3, -0.25) is 9.59 Å². The third-order valence-corrected chi connectivity index (χ3v) is 3.74. The fourth-order valence-electron chi connectivity index (χ4n) is 2.21. The van der Waals surface area contributed by atoms with Crippen molar-refractivity contribution in [3.05, 3.63) is 35.4 Å². The third-order valence-electron chi connectivity index (χ3n) is 3.74. The Balaban J connectivity index is 1.82. The highest BCUT2D eigenvalue weighted by atomic mass is 16.5. The first-order valence-electron chi connectivity index (χ1n) is 10.1. The van der Waals surface area contributed by atoms with Crippen molar-refractivity contribution in [3.8, 4) is 0 Å². The third kappa shape index (κ3) is 13.8. The Kier molecular flexibility index (Phi) is 14.6. The van der Waals surface area contributed by atoms with E-state index in [2.05, 4.69) is 10.6 Å². The summed E-state index contributed by atoms with van der Waals surface area (Å²) in [6.07, 6.45) is 0.895. The monoisotopic (exact) mass is 410 g/mol. The van der Waals surface area contributed by atoms with Crippen molar-refractivity contribution in [2.24, 2.45) is 0 Å². The van der Waals surface area contributed by atoms with Crippen molar-refractivity contribution in [1.82, 2.24) is 10.6 Å². The summed E-state index contributed by atoms with van der Waals surface area (Å²) >= 11 is 0. The Morgan fingerprint density at radius 2 is 1.31 bits per heavy atom. The molecule has 0 aliphatic heterocycles. The molecule has 0 heterocycles. The Hall–Kier alpha value is -2.00. The van der Waals surface area contributed by atoms with Crippen LogP contribution in [-0.2, 0) is 23.7 Å². The van der Waals surface area contributed by atoms with Crippen LogP contribution in [0.25, 0.3) is 0 Å². The van der Waals surface area contributed by atoms with Gasteiger partial charge in [-0.15, -0.1) is 0 Å². The minimum Gasteiger partial charge on any atom is -0.377 e. The van der Waals surface area contributed by atoms with Crippen molar-refractivity contribution in [1.29, 1.82) is 0 Å². The minimum absolute atomic E-state index is 0.0899. The number of ether oxygens (including phenoxy) is 4. The molecule has 0 spiro atoms. The quantitative estimate of drug-likeness (QED) is 0.376. The second kappa shape index (κ2) is 16.9. The normalized spacial score (nSPS) is 10.7. The highest BCUT2D eigenvalue weighted by molar-refractivity contribution is 5.94. The second-order valence-electron chi connectivity index (χ2n) is 6.36. The molecule has 8 heteroatoms. The summed E-state index contributed by atoms with van der Waals surface area (Å²) < 4.78 is 21.3. The predicted octanol–water partition coefficient (Wildman–Crippen LogP) is 1.32. The molecule has 0 bridgehead atoms. The lowest BCUT2D eigenvalue weighted by molar-refractivity contribution is -0.125. The predicted molar refractivity (Wildman–Crippen MR) is 110 cm³/mol. The van der Waals surface area contributed by atoms with Crippen LogP contribution >= 0.6 is 0 Å². The number of nitrogens with one attached hydrogen (secondary N) is 2. The maximum Gasteiger partial charge on any atom is 0.251 e. The van der Waals surface area contributed by atoms with Gasteiger partial charge in [0, 0.05) is 25.3 Å². The number of carbonyl (C=O) groups is 2. The zero-order valence-electron chi connectivity index (χ0n) is 17.5. The van der Waals surface area contributed by atoms with Crippen molar-refractivity contribution in [2.75, 3.05) is 65.9 Å². The summed E-state index contributed by atoms with van der Waals surface area (Å²) in [4.78, 5) is 23.3. The number of carbonyl (C=O) groups excluding carboxylic acids is 2. The van der Waals surface area contributed by atoms with Gasteiger partial charge in [0.15, 0.2) is 0 Å². The van der Waals surface area contributed by atoms with Crippen molar-refractivity contribution < 1.29 is 28.5 Å². The van der Waals surface area contributed by atoms with E-state index in [1.54, 1.807) is 12.1 Å². The fourth-order valence-corrected chi connectivity index (χ4v) is 2.21. The van der Waals surface area contributed by atoms with E-state index >= 15 is 0 Å². The van der Waals surface area contributed by atoms with E-state index < -0.39 is 0 Å². The smallest absolute Gasteiger partial charge is 0.251 e.